The zero-order chi connectivity index (χ0) is 24.1. The number of carbonyl (C=O) groups excluding carboxylic acids is 2. The summed E-state index contributed by atoms with van der Waals surface area (Å²) in [7, 11) is 0. The third-order valence-electron chi connectivity index (χ3n) is 6.04. The van der Waals surface area contributed by atoms with E-state index in [0.717, 1.165) is 23.2 Å². The first-order valence-electron chi connectivity index (χ1n) is 10.9. The van der Waals surface area contributed by atoms with Gasteiger partial charge in [-0.1, -0.05) is 18.2 Å². The molecule has 4 aromatic rings. The average Bonchev–Trinajstić information content (AvgIpc) is 3.52. The van der Waals surface area contributed by atoms with Crippen LogP contribution in [0.25, 0.3) is 11.0 Å². The molecule has 0 fully saturated rings. The molecule has 0 unspecified atom stereocenters. The number of nitrogens with one attached hydrogen (secondary N) is 1. The van der Waals surface area contributed by atoms with Crippen LogP contribution in [0.5, 0.6) is 11.5 Å². The number of ether oxygens (including phenoxy) is 2. The van der Waals surface area contributed by atoms with Gasteiger partial charge in [0.2, 0.25) is 18.6 Å². The Morgan fingerprint density at radius 1 is 1.03 bits per heavy atom. The van der Waals surface area contributed by atoms with Gasteiger partial charge in [0, 0.05) is 11.8 Å². The second-order valence-corrected chi connectivity index (χ2v) is 8.28. The monoisotopic (exact) mass is 476 g/mol. The molecule has 35 heavy (non-hydrogen) atoms. The highest BCUT2D eigenvalue weighted by Gasteiger charge is 2.41. The van der Waals surface area contributed by atoms with Crippen LogP contribution in [0.3, 0.4) is 0 Å². The van der Waals surface area contributed by atoms with E-state index >= 15 is 0 Å². The molecule has 0 bridgehead atoms. The number of anilines is 2. The van der Waals surface area contributed by atoms with Gasteiger partial charge in [-0.2, -0.15) is 0 Å². The normalized spacial score (nSPS) is 16.1. The van der Waals surface area contributed by atoms with Crippen LogP contribution in [0.1, 0.15) is 18.0 Å². The number of benzene rings is 3. The average molecular weight is 476 g/mol. The number of rotatable bonds is 5. The van der Waals surface area contributed by atoms with E-state index in [-0.39, 0.29) is 31.4 Å². The lowest BCUT2D eigenvalue weighted by Gasteiger charge is -2.16. The zero-order valence-electron chi connectivity index (χ0n) is 18.2. The Balaban J connectivity index is 1.31. The predicted octanol–water partition coefficient (Wildman–Crippen LogP) is 4.16. The first-order valence-corrected chi connectivity index (χ1v) is 10.9. The molecule has 3 heterocycles. The molecule has 2 amide bonds. The van der Waals surface area contributed by atoms with Crippen molar-refractivity contribution in [1.82, 2.24) is 9.55 Å². The molecule has 1 N–H and O–H groups in total. The van der Waals surface area contributed by atoms with E-state index in [1.54, 1.807) is 10.6 Å². The Bertz CT molecular complexity index is 1500. The number of aromatic nitrogens is 2. The van der Waals surface area contributed by atoms with Crippen molar-refractivity contribution in [1.29, 1.82) is 0 Å². The Morgan fingerprint density at radius 2 is 1.86 bits per heavy atom. The van der Waals surface area contributed by atoms with Gasteiger partial charge >= 0.3 is 0 Å². The Labute approximate surface area is 197 Å². The van der Waals surface area contributed by atoms with Crippen molar-refractivity contribution in [2.75, 3.05) is 17.0 Å². The van der Waals surface area contributed by atoms with Gasteiger partial charge in [0.05, 0.1) is 24.0 Å². The molecule has 6 rings (SSSR count). The molecule has 0 saturated heterocycles. The fourth-order valence-corrected chi connectivity index (χ4v) is 4.43. The van der Waals surface area contributed by atoms with E-state index in [9.17, 15) is 18.4 Å². The standard InChI is InChI=1S/C25H18F2N4O4/c26-16-7-6-15(10-17(16)27)28-23(32)11-20-24(33)30(12-14-5-8-21-22(9-14)35-13-34-21)25-29-18-3-1-2-4-19(18)31(20)25/h1-10,20H,11-13H2,(H,28,32)/t20-/m0/s1. The SMILES string of the molecule is O=C(C[C@H]1C(=O)N(Cc2ccc3c(c2)OCO3)c2nc3ccccc3n21)Nc1ccc(F)c(F)c1. The highest BCUT2D eigenvalue weighted by Crippen LogP contribution is 2.39. The first kappa shape index (κ1) is 21.1. The molecule has 2 aliphatic rings. The topological polar surface area (TPSA) is 85.7 Å². The van der Waals surface area contributed by atoms with E-state index in [1.165, 1.54) is 11.0 Å². The molecular formula is C25H18F2N4O4. The highest BCUT2D eigenvalue weighted by atomic mass is 19.2. The molecule has 2 aliphatic heterocycles. The number of halogens is 2. The molecule has 0 saturated carbocycles. The van der Waals surface area contributed by atoms with Crippen LogP contribution >= 0.6 is 0 Å². The Hall–Kier alpha value is -4.47. The number of imidazole rings is 1. The molecule has 1 atom stereocenters. The van der Waals surface area contributed by atoms with Crippen molar-refractivity contribution in [2.45, 2.75) is 19.0 Å². The van der Waals surface area contributed by atoms with Gasteiger partial charge in [0.25, 0.3) is 5.91 Å². The van der Waals surface area contributed by atoms with Gasteiger partial charge in [0.1, 0.15) is 6.04 Å². The second-order valence-electron chi connectivity index (χ2n) is 8.28. The number of amides is 2. The summed E-state index contributed by atoms with van der Waals surface area (Å²) in [6, 6.07) is 15.0. The maximum absolute atomic E-state index is 13.6. The van der Waals surface area contributed by atoms with Gasteiger partial charge in [-0.25, -0.2) is 13.8 Å². The molecular weight excluding hydrogens is 458 g/mol. The van der Waals surface area contributed by atoms with Crippen LogP contribution in [-0.2, 0) is 16.1 Å². The minimum absolute atomic E-state index is 0.104. The molecule has 0 radical (unpaired) electrons. The summed E-state index contributed by atoms with van der Waals surface area (Å²) < 4.78 is 39.3. The summed E-state index contributed by atoms with van der Waals surface area (Å²) in [6.07, 6.45) is -0.206. The molecule has 3 aromatic carbocycles. The van der Waals surface area contributed by atoms with Gasteiger partial charge in [-0.05, 0) is 42.0 Å². The summed E-state index contributed by atoms with van der Waals surface area (Å²) in [5.41, 5.74) is 2.33. The highest BCUT2D eigenvalue weighted by molar-refractivity contribution is 6.05. The number of hydrogen-bond donors (Lipinski definition) is 1. The summed E-state index contributed by atoms with van der Waals surface area (Å²) in [5.74, 6) is -1.22. The van der Waals surface area contributed by atoms with Crippen LogP contribution in [0.4, 0.5) is 20.4 Å². The summed E-state index contributed by atoms with van der Waals surface area (Å²) in [6.45, 7) is 0.368. The van der Waals surface area contributed by atoms with Crippen LogP contribution in [0.2, 0.25) is 0 Å². The van der Waals surface area contributed by atoms with Gasteiger partial charge in [-0.15, -0.1) is 0 Å². The van der Waals surface area contributed by atoms with Crippen LogP contribution in [-0.4, -0.2) is 28.2 Å². The van der Waals surface area contributed by atoms with E-state index in [2.05, 4.69) is 10.3 Å². The third-order valence-corrected chi connectivity index (χ3v) is 6.04. The largest absolute Gasteiger partial charge is 0.454 e. The smallest absolute Gasteiger partial charge is 0.253 e. The van der Waals surface area contributed by atoms with Crippen molar-refractivity contribution < 1.29 is 27.8 Å². The van der Waals surface area contributed by atoms with Gasteiger partial charge in [0.15, 0.2) is 23.1 Å². The minimum Gasteiger partial charge on any atom is -0.454 e. The molecule has 0 spiro atoms. The van der Waals surface area contributed by atoms with Gasteiger partial charge < -0.3 is 14.8 Å². The van der Waals surface area contributed by atoms with Crippen LogP contribution in [0, 0.1) is 11.6 Å². The van der Waals surface area contributed by atoms with Crippen LogP contribution < -0.4 is 19.7 Å². The fourth-order valence-electron chi connectivity index (χ4n) is 4.43. The molecule has 176 valence electrons. The second kappa shape index (κ2) is 8.08. The van der Waals surface area contributed by atoms with E-state index in [1.807, 2.05) is 36.4 Å². The summed E-state index contributed by atoms with van der Waals surface area (Å²) in [5, 5.41) is 2.54. The third kappa shape index (κ3) is 3.63. The van der Waals surface area contributed by atoms with E-state index in [0.29, 0.717) is 23.0 Å². The maximum atomic E-state index is 13.6. The lowest BCUT2D eigenvalue weighted by atomic mass is 10.1. The van der Waals surface area contributed by atoms with Crippen LogP contribution in [0.15, 0.2) is 60.7 Å². The Kier molecular flexibility index (Phi) is 4.87. The lowest BCUT2D eigenvalue weighted by molar-refractivity contribution is -0.124. The molecule has 1 aromatic heterocycles. The number of carbonyl (C=O) groups is 2. The number of para-hydroxylation sites is 2. The number of nitrogens with zero attached hydrogens (tertiary/aromatic N) is 3. The van der Waals surface area contributed by atoms with E-state index in [4.69, 9.17) is 9.47 Å². The first-order chi connectivity index (χ1) is 17.0. The van der Waals surface area contributed by atoms with Gasteiger partial charge in [-0.3, -0.25) is 19.1 Å². The molecule has 10 heteroatoms. The molecule has 0 aliphatic carbocycles. The minimum atomic E-state index is -1.07. The lowest BCUT2D eigenvalue weighted by Crippen LogP contribution is -2.31. The van der Waals surface area contributed by atoms with Crippen molar-refractivity contribution in [3.63, 3.8) is 0 Å². The van der Waals surface area contributed by atoms with Crippen molar-refractivity contribution in [3.05, 3.63) is 77.9 Å². The summed E-state index contributed by atoms with van der Waals surface area (Å²) >= 11 is 0. The fraction of sp³-hybridized carbons (Fsp3) is 0.160. The quantitative estimate of drug-likeness (QED) is 0.468. The maximum Gasteiger partial charge on any atom is 0.253 e. The van der Waals surface area contributed by atoms with Crippen molar-refractivity contribution >= 4 is 34.5 Å². The zero-order valence-corrected chi connectivity index (χ0v) is 18.2. The number of fused-ring (bicyclic) bond motifs is 4. The van der Waals surface area contributed by atoms with Crippen molar-refractivity contribution in [2.24, 2.45) is 0 Å². The summed E-state index contributed by atoms with van der Waals surface area (Å²) in [4.78, 5) is 32.5. The predicted molar refractivity (Wildman–Crippen MR) is 122 cm³/mol. The number of hydrogen-bond acceptors (Lipinski definition) is 5. The Morgan fingerprint density at radius 3 is 2.71 bits per heavy atom. The van der Waals surface area contributed by atoms with Crippen molar-refractivity contribution in [3.8, 4) is 11.5 Å². The van der Waals surface area contributed by atoms with E-state index < -0.39 is 23.6 Å². The molecule has 8 nitrogen and oxygen atoms in total.